The van der Waals surface area contributed by atoms with Crippen LogP contribution in [0.5, 0.6) is 0 Å². The number of ether oxygens (including phenoxy) is 2. The quantitative estimate of drug-likeness (QED) is 0.558. The lowest BCUT2D eigenvalue weighted by Crippen LogP contribution is -2.16. The van der Waals surface area contributed by atoms with Crippen molar-refractivity contribution in [1.29, 1.82) is 0 Å². The average Bonchev–Trinajstić information content (AvgIpc) is 3.29. The molecular weight excluding hydrogens is 342 g/mol. The Morgan fingerprint density at radius 2 is 2.07 bits per heavy atom. The third-order valence-corrected chi connectivity index (χ3v) is 4.65. The lowest BCUT2D eigenvalue weighted by atomic mass is 10.0. The maximum Gasteiger partial charge on any atom is 0.338 e. The number of aryl methyl sites for hydroxylation is 1. The van der Waals surface area contributed by atoms with Gasteiger partial charge in [0.1, 0.15) is 0 Å². The summed E-state index contributed by atoms with van der Waals surface area (Å²) in [5.41, 5.74) is 4.33. The van der Waals surface area contributed by atoms with Crippen LogP contribution in [0.4, 0.5) is 0 Å². The topological polar surface area (TPSA) is 57.8 Å². The molecule has 0 saturated carbocycles. The van der Waals surface area contributed by atoms with Gasteiger partial charge in [0, 0.05) is 25.0 Å². The molecule has 3 aromatic heterocycles. The molecule has 3 rings (SSSR count). The Kier molecular flexibility index (Phi) is 5.96. The normalized spacial score (nSPS) is 12.4. The highest BCUT2D eigenvalue weighted by molar-refractivity contribution is 5.92. The van der Waals surface area contributed by atoms with Gasteiger partial charge in [0.25, 0.3) is 0 Å². The summed E-state index contributed by atoms with van der Waals surface area (Å²) in [6.45, 7) is 6.88. The second-order valence-electron chi connectivity index (χ2n) is 6.70. The number of carbonyl (C=O) groups is 1. The monoisotopic (exact) mass is 369 g/mol. The van der Waals surface area contributed by atoms with Crippen molar-refractivity contribution in [2.24, 2.45) is 7.05 Å². The molecule has 0 N–H and O–H groups in total. The highest BCUT2D eigenvalue weighted by Crippen LogP contribution is 2.30. The fourth-order valence-corrected chi connectivity index (χ4v) is 3.30. The molecule has 0 fully saturated rings. The number of nitrogens with zero attached hydrogens (tertiary/aromatic N) is 3. The first-order valence-corrected chi connectivity index (χ1v) is 9.43. The van der Waals surface area contributed by atoms with Gasteiger partial charge in [0.2, 0.25) is 0 Å². The molecule has 0 aliphatic heterocycles. The number of aromatic nitrogens is 3. The van der Waals surface area contributed by atoms with E-state index in [4.69, 9.17) is 9.47 Å². The van der Waals surface area contributed by atoms with Gasteiger partial charge in [0.15, 0.2) is 0 Å². The molecule has 6 heteroatoms. The Labute approximate surface area is 159 Å². The van der Waals surface area contributed by atoms with Gasteiger partial charge in [-0.05, 0) is 49.6 Å². The van der Waals surface area contributed by atoms with Gasteiger partial charge < -0.3 is 13.9 Å². The first kappa shape index (κ1) is 19.2. The van der Waals surface area contributed by atoms with Crippen molar-refractivity contribution in [2.45, 2.75) is 46.3 Å². The minimum atomic E-state index is -0.279. The van der Waals surface area contributed by atoms with Gasteiger partial charge in [-0.3, -0.25) is 4.68 Å². The average molecular weight is 369 g/mol. The van der Waals surface area contributed by atoms with Crippen molar-refractivity contribution in [1.82, 2.24) is 14.2 Å². The fourth-order valence-electron chi connectivity index (χ4n) is 3.30. The van der Waals surface area contributed by atoms with Crippen molar-refractivity contribution in [3.63, 3.8) is 0 Å². The van der Waals surface area contributed by atoms with Gasteiger partial charge in [-0.1, -0.05) is 13.8 Å². The largest absolute Gasteiger partial charge is 0.462 e. The van der Waals surface area contributed by atoms with Crippen LogP contribution in [0.3, 0.4) is 0 Å². The second-order valence-corrected chi connectivity index (χ2v) is 6.70. The highest BCUT2D eigenvalue weighted by atomic mass is 16.5. The van der Waals surface area contributed by atoms with Gasteiger partial charge in [-0.25, -0.2) is 4.79 Å². The first-order valence-electron chi connectivity index (χ1n) is 9.43. The smallest absolute Gasteiger partial charge is 0.338 e. The van der Waals surface area contributed by atoms with Gasteiger partial charge in [-0.15, -0.1) is 0 Å². The molecule has 3 heterocycles. The summed E-state index contributed by atoms with van der Waals surface area (Å²) in [6, 6.07) is 7.81. The van der Waals surface area contributed by atoms with E-state index in [1.165, 1.54) is 0 Å². The van der Waals surface area contributed by atoms with E-state index in [2.05, 4.69) is 16.4 Å². The third-order valence-electron chi connectivity index (χ3n) is 4.65. The number of esters is 1. The van der Waals surface area contributed by atoms with Crippen molar-refractivity contribution in [2.75, 3.05) is 6.61 Å². The molecule has 27 heavy (non-hydrogen) atoms. The lowest BCUT2D eigenvalue weighted by molar-refractivity contribution is 0.0308. The van der Waals surface area contributed by atoms with Crippen molar-refractivity contribution >= 4 is 11.5 Å². The molecule has 6 nitrogen and oxygen atoms in total. The van der Waals surface area contributed by atoms with E-state index in [0.717, 1.165) is 35.3 Å². The summed E-state index contributed by atoms with van der Waals surface area (Å²) in [4.78, 5) is 12.6. The zero-order valence-corrected chi connectivity index (χ0v) is 16.4. The number of hydrogen-bond acceptors (Lipinski definition) is 4. The number of pyridine rings is 1. The summed E-state index contributed by atoms with van der Waals surface area (Å²) in [6.07, 6.45) is 5.34. The van der Waals surface area contributed by atoms with Crippen LogP contribution in [0.2, 0.25) is 0 Å². The van der Waals surface area contributed by atoms with Crippen molar-refractivity contribution in [3.8, 4) is 0 Å². The van der Waals surface area contributed by atoms with Gasteiger partial charge in [-0.2, -0.15) is 5.10 Å². The molecule has 0 aliphatic carbocycles. The van der Waals surface area contributed by atoms with E-state index in [1.54, 1.807) is 4.68 Å². The Morgan fingerprint density at radius 1 is 1.26 bits per heavy atom. The SMILES string of the molecule is CCCOC(=O)c1cc2cccn2c(C(CC)OCc2ccn(C)n2)c1C. The van der Waals surface area contributed by atoms with Crippen LogP contribution in [0.1, 0.15) is 60.1 Å². The summed E-state index contributed by atoms with van der Waals surface area (Å²) in [5.74, 6) is -0.279. The predicted molar refractivity (Wildman–Crippen MR) is 104 cm³/mol. The predicted octanol–water partition coefficient (Wildman–Crippen LogP) is 4.22. The summed E-state index contributed by atoms with van der Waals surface area (Å²) in [5, 5.41) is 4.38. The molecule has 1 atom stereocenters. The van der Waals surface area contributed by atoms with E-state index < -0.39 is 0 Å². The number of rotatable bonds is 8. The Morgan fingerprint density at radius 3 is 2.74 bits per heavy atom. The minimum absolute atomic E-state index is 0.152. The standard InChI is InChI=1S/C21H27N3O3/c1-5-12-26-21(25)18-13-17-8-7-10-24(17)20(15(18)3)19(6-2)27-14-16-9-11-23(4)22-16/h7-11,13,19H,5-6,12,14H2,1-4H3. The van der Waals surface area contributed by atoms with Crippen molar-refractivity contribution < 1.29 is 14.3 Å². The molecule has 0 saturated heterocycles. The molecule has 144 valence electrons. The number of hydrogen-bond donors (Lipinski definition) is 0. The van der Waals surface area contributed by atoms with E-state index in [1.807, 2.05) is 57.6 Å². The molecule has 0 bridgehead atoms. The minimum Gasteiger partial charge on any atom is -0.462 e. The molecule has 0 radical (unpaired) electrons. The van der Waals surface area contributed by atoms with E-state index >= 15 is 0 Å². The molecule has 0 spiro atoms. The molecule has 0 amide bonds. The van der Waals surface area contributed by atoms with Crippen molar-refractivity contribution in [3.05, 3.63) is 59.2 Å². The zero-order valence-electron chi connectivity index (χ0n) is 16.4. The Bertz CT molecular complexity index is 926. The lowest BCUT2D eigenvalue weighted by Gasteiger charge is -2.22. The maximum absolute atomic E-state index is 12.6. The van der Waals surface area contributed by atoms with E-state index in [-0.39, 0.29) is 12.1 Å². The maximum atomic E-state index is 12.6. The summed E-state index contributed by atoms with van der Waals surface area (Å²) >= 11 is 0. The number of fused-ring (bicyclic) bond motifs is 1. The summed E-state index contributed by atoms with van der Waals surface area (Å²) in [7, 11) is 1.89. The fraction of sp³-hybridized carbons (Fsp3) is 0.429. The Balaban J connectivity index is 1.95. The van der Waals surface area contributed by atoms with Crippen LogP contribution < -0.4 is 0 Å². The summed E-state index contributed by atoms with van der Waals surface area (Å²) < 4.78 is 15.4. The third kappa shape index (κ3) is 4.06. The first-order chi connectivity index (χ1) is 13.0. The van der Waals surface area contributed by atoms with Gasteiger partial charge >= 0.3 is 5.97 Å². The molecular formula is C21H27N3O3. The van der Waals surface area contributed by atoms with Crippen LogP contribution in [0.15, 0.2) is 36.7 Å². The second kappa shape index (κ2) is 8.39. The molecule has 1 unspecified atom stereocenters. The van der Waals surface area contributed by atoms with Crippen LogP contribution in [-0.2, 0) is 23.1 Å². The number of carbonyl (C=O) groups excluding carboxylic acids is 1. The zero-order chi connectivity index (χ0) is 19.4. The van der Waals surface area contributed by atoms with Gasteiger partial charge in [0.05, 0.1) is 36.3 Å². The van der Waals surface area contributed by atoms with E-state index in [9.17, 15) is 4.79 Å². The highest BCUT2D eigenvalue weighted by Gasteiger charge is 2.22. The molecule has 0 aromatic carbocycles. The van der Waals surface area contributed by atoms with Crippen LogP contribution in [0.25, 0.3) is 5.52 Å². The van der Waals surface area contributed by atoms with E-state index in [0.29, 0.717) is 18.8 Å². The van der Waals surface area contributed by atoms with Crippen LogP contribution in [0, 0.1) is 6.92 Å². The van der Waals surface area contributed by atoms with Crippen LogP contribution >= 0.6 is 0 Å². The molecule has 0 aliphatic rings. The Hall–Kier alpha value is -2.60. The molecule has 3 aromatic rings. The van der Waals surface area contributed by atoms with Crippen LogP contribution in [-0.4, -0.2) is 26.8 Å².